The molecule has 0 unspecified atom stereocenters. The fourth-order valence-corrected chi connectivity index (χ4v) is 5.70. The Hall–Kier alpha value is -6.65. The molecule has 0 spiro atoms. The van der Waals surface area contributed by atoms with Crippen LogP contribution in [-0.2, 0) is 0 Å². The van der Waals surface area contributed by atoms with Crippen LogP contribution in [0.3, 0.4) is 0 Å². The van der Waals surface area contributed by atoms with Crippen molar-refractivity contribution < 1.29 is 22.2 Å². The zero-order chi connectivity index (χ0) is 43.9. The number of fused-ring (bicyclic) bond motifs is 3. The van der Waals surface area contributed by atoms with Crippen molar-refractivity contribution in [3.63, 3.8) is 0 Å². The second kappa shape index (κ2) is 12.2. The second-order valence-corrected chi connectivity index (χ2v) is 11.0. The molecule has 0 saturated carbocycles. The minimum Gasteiger partial charge on any atom is -0.455 e. The Bertz CT molecular complexity index is 3190. The highest BCUT2D eigenvalue weighted by Gasteiger charge is 2.17. The topological polar surface area (TPSA) is 51.8 Å². The molecule has 7 aromatic carbocycles. The Morgan fingerprint density at radius 1 is 0.388 bits per heavy atom. The van der Waals surface area contributed by atoms with Crippen LogP contribution in [0.5, 0.6) is 0 Å². The average Bonchev–Trinajstić information content (AvgIpc) is 3.66. The van der Waals surface area contributed by atoms with Gasteiger partial charge in [-0.25, -0.2) is 15.0 Å². The summed E-state index contributed by atoms with van der Waals surface area (Å²) < 4.78 is 121. The van der Waals surface area contributed by atoms with E-state index in [1.807, 2.05) is 66.7 Å². The first-order valence-corrected chi connectivity index (χ1v) is 15.3. The molecular weight excluding hydrogens is 599 g/mol. The highest BCUT2D eigenvalue weighted by molar-refractivity contribution is 6.09. The smallest absolute Gasteiger partial charge is 0.164 e. The lowest BCUT2D eigenvalue weighted by Gasteiger charge is -2.13. The third kappa shape index (κ3) is 5.45. The number of nitrogens with zero attached hydrogens (tertiary/aromatic N) is 3. The lowest BCUT2D eigenvalue weighted by molar-refractivity contribution is 0.670. The summed E-state index contributed by atoms with van der Waals surface area (Å²) in [6, 6.07) is 21.4. The van der Waals surface area contributed by atoms with Crippen LogP contribution in [-0.4, -0.2) is 15.0 Å². The molecule has 230 valence electrons. The second-order valence-electron chi connectivity index (χ2n) is 11.0. The molecule has 0 amide bonds. The van der Waals surface area contributed by atoms with Crippen molar-refractivity contribution in [3.05, 3.63) is 176 Å². The molecule has 0 fully saturated rings. The number of rotatable bonds is 6. The molecule has 2 aromatic heterocycles. The highest BCUT2D eigenvalue weighted by Crippen LogP contribution is 2.39. The lowest BCUT2D eigenvalue weighted by atomic mass is 9.94. The summed E-state index contributed by atoms with van der Waals surface area (Å²) in [6.45, 7) is 0. The predicted octanol–water partition coefficient (Wildman–Crippen LogP) is 11.8. The Morgan fingerprint density at radius 3 is 1.57 bits per heavy atom. The normalized spacial score (nSPS) is 15.0. The first kappa shape index (κ1) is 18.0. The van der Waals surface area contributed by atoms with Gasteiger partial charge in [-0.05, 0) is 52.0 Å². The van der Waals surface area contributed by atoms with Crippen LogP contribution in [0.15, 0.2) is 180 Å². The Kier molecular flexibility index (Phi) is 4.48. The summed E-state index contributed by atoms with van der Waals surface area (Å²) in [5, 5.41) is 1.50. The van der Waals surface area contributed by atoms with Gasteiger partial charge in [0.1, 0.15) is 11.2 Å². The maximum Gasteiger partial charge on any atom is 0.164 e. The molecule has 9 rings (SSSR count). The van der Waals surface area contributed by atoms with Gasteiger partial charge < -0.3 is 4.42 Å². The number of hydrogen-bond donors (Lipinski definition) is 0. The zero-order valence-electron chi connectivity index (χ0n) is 38.5. The maximum atomic E-state index is 9.83. The van der Waals surface area contributed by atoms with Crippen LogP contribution in [0, 0.1) is 0 Å². The lowest BCUT2D eigenvalue weighted by Crippen LogP contribution is -2.00. The van der Waals surface area contributed by atoms with E-state index in [0.29, 0.717) is 27.7 Å². The van der Waals surface area contributed by atoms with Crippen molar-refractivity contribution in [1.29, 1.82) is 0 Å². The fourth-order valence-electron chi connectivity index (χ4n) is 5.70. The molecule has 0 aliphatic heterocycles. The van der Waals surface area contributed by atoms with E-state index in [1.165, 1.54) is 0 Å². The average molecular weight is 641 g/mol. The Balaban J connectivity index is 1.41. The van der Waals surface area contributed by atoms with Gasteiger partial charge in [-0.3, -0.25) is 0 Å². The van der Waals surface area contributed by atoms with Crippen LogP contribution in [0.2, 0.25) is 0 Å². The van der Waals surface area contributed by atoms with Crippen molar-refractivity contribution >= 4 is 21.9 Å². The van der Waals surface area contributed by atoms with Crippen LogP contribution < -0.4 is 0 Å². The van der Waals surface area contributed by atoms with Gasteiger partial charge in [-0.15, -0.1) is 0 Å². The summed E-state index contributed by atoms with van der Waals surface area (Å²) >= 11 is 0. The third-order valence-electron chi connectivity index (χ3n) is 8.01. The fraction of sp³-hybridized carbons (Fsp3) is 0. The molecule has 0 aliphatic carbocycles. The van der Waals surface area contributed by atoms with Crippen molar-refractivity contribution in [2.75, 3.05) is 0 Å². The molecule has 0 radical (unpaired) electrons. The minimum absolute atomic E-state index is 0.0249. The Morgan fingerprint density at radius 2 is 0.898 bits per heavy atom. The van der Waals surface area contributed by atoms with Crippen molar-refractivity contribution in [1.82, 2.24) is 15.0 Å². The van der Waals surface area contributed by atoms with E-state index in [2.05, 4.69) is 15.0 Å². The molecule has 9 aromatic rings. The number of furan rings is 1. The van der Waals surface area contributed by atoms with E-state index < -0.39 is 101 Å². The van der Waals surface area contributed by atoms with Crippen molar-refractivity contribution in [2.45, 2.75) is 0 Å². The number of para-hydroxylation sites is 2. The van der Waals surface area contributed by atoms with Crippen LogP contribution >= 0.6 is 0 Å². The van der Waals surface area contributed by atoms with Gasteiger partial charge in [-0.1, -0.05) is 151 Å². The van der Waals surface area contributed by atoms with E-state index >= 15 is 0 Å². The number of aromatic nitrogens is 3. The van der Waals surface area contributed by atoms with Gasteiger partial charge in [0.25, 0.3) is 0 Å². The Labute approximate surface area is 302 Å². The van der Waals surface area contributed by atoms with Gasteiger partial charge in [0.05, 0.1) is 17.8 Å². The quantitative estimate of drug-likeness (QED) is 0.181. The van der Waals surface area contributed by atoms with E-state index in [9.17, 15) is 4.11 Å². The summed E-state index contributed by atoms with van der Waals surface area (Å²) in [5.41, 5.74) is 2.29. The highest BCUT2D eigenvalue weighted by atomic mass is 16.3. The molecular formula is C45H29N3O. The molecule has 4 nitrogen and oxygen atoms in total. The standard InChI is InChI=1S/C45H29N3O/c1-4-13-30(14-5-1)31-23-25-32(26-24-31)35-27-36(38-20-12-21-40-39-19-10-11-22-41(39)49-42(38)40)29-37(28-35)45-47-43(33-15-6-2-7-16-33)46-44(48-45)34-17-8-3-9-18-34/h1-29H/i2D,3D,6D,7D,8D,9D,15D,16D,17D,18D,27D,28D,29D. The molecule has 4 heteroatoms. The summed E-state index contributed by atoms with van der Waals surface area (Å²) in [4.78, 5) is 13.5. The first-order chi connectivity index (χ1) is 29.7. The molecule has 0 bridgehead atoms. The maximum absolute atomic E-state index is 9.83. The van der Waals surface area contributed by atoms with Gasteiger partial charge in [0, 0.05) is 33.0 Å². The summed E-state index contributed by atoms with van der Waals surface area (Å²) in [7, 11) is 0. The molecule has 49 heavy (non-hydrogen) atoms. The molecule has 0 aliphatic rings. The minimum atomic E-state index is -0.712. The summed E-state index contributed by atoms with van der Waals surface area (Å²) in [5.74, 6) is -1.55. The van der Waals surface area contributed by atoms with E-state index in [1.54, 1.807) is 30.3 Å². The van der Waals surface area contributed by atoms with Crippen LogP contribution in [0.25, 0.3) is 89.5 Å². The summed E-state index contributed by atoms with van der Waals surface area (Å²) in [6.07, 6.45) is 0. The SMILES string of the molecule is [2H]c1c([2H])c([2H])c(-c2nc(-c3c([2H])c([2H])c([2H])c([2H])c3[2H])nc(-c3c([2H])c(-c4ccc(-c5ccccc5)cc4)c([2H])c(-c4cccc5c4oc4ccccc45)c3[2H])n2)c([2H])c1[2H]. The third-order valence-corrected chi connectivity index (χ3v) is 8.01. The van der Waals surface area contributed by atoms with E-state index in [0.717, 1.165) is 16.5 Å². The van der Waals surface area contributed by atoms with Gasteiger partial charge in [0.15, 0.2) is 17.5 Å². The largest absolute Gasteiger partial charge is 0.455 e. The van der Waals surface area contributed by atoms with Crippen LogP contribution in [0.1, 0.15) is 17.8 Å². The van der Waals surface area contributed by atoms with E-state index in [-0.39, 0.29) is 22.7 Å². The molecule has 0 atom stereocenters. The van der Waals surface area contributed by atoms with E-state index in [4.69, 9.17) is 18.1 Å². The monoisotopic (exact) mass is 640 g/mol. The van der Waals surface area contributed by atoms with Gasteiger partial charge in [0.2, 0.25) is 0 Å². The van der Waals surface area contributed by atoms with Crippen LogP contribution in [0.4, 0.5) is 0 Å². The van der Waals surface area contributed by atoms with Crippen molar-refractivity contribution in [2.24, 2.45) is 0 Å². The molecule has 2 heterocycles. The molecule has 0 saturated heterocycles. The van der Waals surface area contributed by atoms with Gasteiger partial charge >= 0.3 is 0 Å². The number of hydrogen-bond acceptors (Lipinski definition) is 4. The first-order valence-electron chi connectivity index (χ1n) is 21.8. The zero-order valence-corrected chi connectivity index (χ0v) is 25.5. The molecule has 0 N–H and O–H groups in total. The van der Waals surface area contributed by atoms with Gasteiger partial charge in [-0.2, -0.15) is 0 Å². The van der Waals surface area contributed by atoms with Crippen molar-refractivity contribution in [3.8, 4) is 67.5 Å². The number of benzene rings is 7. The predicted molar refractivity (Wildman–Crippen MR) is 200 cm³/mol.